The lowest BCUT2D eigenvalue weighted by Gasteiger charge is -2.05. The smallest absolute Gasteiger partial charge is 0.251 e. The first-order chi connectivity index (χ1) is 13.6. The third-order valence-electron chi connectivity index (χ3n) is 4.36. The van der Waals surface area contributed by atoms with Gasteiger partial charge < -0.3 is 11.1 Å². The van der Waals surface area contributed by atoms with Crippen LogP contribution in [0.1, 0.15) is 26.3 Å². The molecule has 5 nitrogen and oxygen atoms in total. The first-order valence-corrected chi connectivity index (χ1v) is 9.55. The number of rotatable bonds is 5. The van der Waals surface area contributed by atoms with Gasteiger partial charge in [0.15, 0.2) is 0 Å². The van der Waals surface area contributed by atoms with Gasteiger partial charge in [-0.15, -0.1) is 11.3 Å². The van der Waals surface area contributed by atoms with Gasteiger partial charge >= 0.3 is 0 Å². The fraction of sp³-hybridized carbons (Fsp3) is 0.0455. The van der Waals surface area contributed by atoms with Crippen molar-refractivity contribution in [1.29, 1.82) is 0 Å². The average Bonchev–Trinajstić information content (AvgIpc) is 3.16. The van der Waals surface area contributed by atoms with Gasteiger partial charge in [-0.25, -0.2) is 4.98 Å². The normalized spacial score (nSPS) is 10.7. The number of carbonyl (C=O) groups is 2. The van der Waals surface area contributed by atoms with Crippen LogP contribution in [0.25, 0.3) is 20.8 Å². The molecule has 0 radical (unpaired) electrons. The van der Waals surface area contributed by atoms with Crippen LogP contribution in [0.5, 0.6) is 0 Å². The lowest BCUT2D eigenvalue weighted by atomic mass is 10.1. The van der Waals surface area contributed by atoms with Crippen LogP contribution in [0.3, 0.4) is 0 Å². The fourth-order valence-electron chi connectivity index (χ4n) is 2.85. The van der Waals surface area contributed by atoms with Gasteiger partial charge in [-0.2, -0.15) is 0 Å². The van der Waals surface area contributed by atoms with E-state index >= 15 is 0 Å². The number of primary amides is 1. The predicted octanol–water partition coefficient (Wildman–Crippen LogP) is 3.99. The van der Waals surface area contributed by atoms with Gasteiger partial charge in [0.1, 0.15) is 5.01 Å². The van der Waals surface area contributed by atoms with Crippen molar-refractivity contribution in [3.63, 3.8) is 0 Å². The Hall–Kier alpha value is -3.51. The maximum atomic E-state index is 12.5. The number of fused-ring (bicyclic) bond motifs is 1. The Kier molecular flexibility index (Phi) is 4.87. The molecule has 0 bridgehead atoms. The number of benzene rings is 3. The minimum Gasteiger partial charge on any atom is -0.366 e. The first-order valence-electron chi connectivity index (χ1n) is 8.73. The van der Waals surface area contributed by atoms with Crippen LogP contribution in [0, 0.1) is 0 Å². The summed E-state index contributed by atoms with van der Waals surface area (Å²) in [6.45, 7) is 0.484. The SMILES string of the molecule is NC(=O)c1ccc(-c2nc3ccc(C(=O)NCc4ccccc4)cc3s2)cc1. The van der Waals surface area contributed by atoms with Crippen LogP contribution in [0.15, 0.2) is 72.8 Å². The molecule has 138 valence electrons. The molecule has 0 aliphatic rings. The van der Waals surface area contributed by atoms with Crippen molar-refractivity contribution in [3.05, 3.63) is 89.5 Å². The highest BCUT2D eigenvalue weighted by molar-refractivity contribution is 7.21. The van der Waals surface area contributed by atoms with E-state index in [1.807, 2.05) is 54.6 Å². The van der Waals surface area contributed by atoms with Crippen LogP contribution in [-0.2, 0) is 6.54 Å². The van der Waals surface area contributed by atoms with Crippen molar-refractivity contribution in [2.24, 2.45) is 5.73 Å². The Balaban J connectivity index is 1.54. The summed E-state index contributed by atoms with van der Waals surface area (Å²) >= 11 is 1.50. The first kappa shape index (κ1) is 17.9. The van der Waals surface area contributed by atoms with Crippen LogP contribution < -0.4 is 11.1 Å². The molecule has 0 aliphatic carbocycles. The molecule has 4 rings (SSSR count). The highest BCUT2D eigenvalue weighted by Crippen LogP contribution is 2.31. The van der Waals surface area contributed by atoms with E-state index < -0.39 is 5.91 Å². The molecule has 2 amide bonds. The van der Waals surface area contributed by atoms with Crippen molar-refractivity contribution in [2.75, 3.05) is 0 Å². The van der Waals surface area contributed by atoms with Crippen molar-refractivity contribution in [3.8, 4) is 10.6 Å². The third kappa shape index (κ3) is 3.77. The molecule has 0 atom stereocenters. The zero-order chi connectivity index (χ0) is 19.5. The van der Waals surface area contributed by atoms with Crippen molar-refractivity contribution < 1.29 is 9.59 Å². The molecule has 0 aliphatic heterocycles. The number of hydrogen-bond acceptors (Lipinski definition) is 4. The zero-order valence-electron chi connectivity index (χ0n) is 14.9. The van der Waals surface area contributed by atoms with Crippen LogP contribution in [0.2, 0.25) is 0 Å². The number of amides is 2. The molecule has 1 heterocycles. The maximum Gasteiger partial charge on any atom is 0.251 e. The minimum atomic E-state index is -0.456. The van der Waals surface area contributed by atoms with E-state index in [0.717, 1.165) is 26.4 Å². The van der Waals surface area contributed by atoms with Crippen LogP contribution in [0.4, 0.5) is 0 Å². The summed E-state index contributed by atoms with van der Waals surface area (Å²) in [5, 5.41) is 3.76. The van der Waals surface area contributed by atoms with Gasteiger partial charge in [-0.05, 0) is 35.9 Å². The summed E-state index contributed by atoms with van der Waals surface area (Å²) in [4.78, 5) is 28.3. The Labute approximate surface area is 165 Å². The van der Waals surface area contributed by atoms with Gasteiger partial charge in [-0.1, -0.05) is 42.5 Å². The summed E-state index contributed by atoms with van der Waals surface area (Å²) < 4.78 is 0.932. The van der Waals surface area contributed by atoms with Crippen molar-refractivity contribution in [1.82, 2.24) is 10.3 Å². The number of hydrogen-bond donors (Lipinski definition) is 2. The van der Waals surface area contributed by atoms with E-state index in [1.54, 1.807) is 18.2 Å². The molecule has 1 aromatic heterocycles. The van der Waals surface area contributed by atoms with E-state index in [1.165, 1.54) is 11.3 Å². The number of thiazole rings is 1. The van der Waals surface area contributed by atoms with E-state index in [0.29, 0.717) is 17.7 Å². The fourth-order valence-corrected chi connectivity index (χ4v) is 3.86. The number of nitrogens with zero attached hydrogens (tertiary/aromatic N) is 1. The topological polar surface area (TPSA) is 85.1 Å². The average molecular weight is 387 g/mol. The number of nitrogens with one attached hydrogen (secondary N) is 1. The quantitative estimate of drug-likeness (QED) is 0.543. The lowest BCUT2D eigenvalue weighted by molar-refractivity contribution is 0.0949. The molecule has 28 heavy (non-hydrogen) atoms. The summed E-state index contributed by atoms with van der Waals surface area (Å²) in [5.41, 5.74) is 9.13. The van der Waals surface area contributed by atoms with Crippen molar-refractivity contribution in [2.45, 2.75) is 6.54 Å². The van der Waals surface area contributed by atoms with Crippen LogP contribution >= 0.6 is 11.3 Å². The molecule has 6 heteroatoms. The zero-order valence-corrected chi connectivity index (χ0v) is 15.7. The summed E-state index contributed by atoms with van der Waals surface area (Å²) in [5.74, 6) is -0.575. The molecule has 0 spiro atoms. The molecule has 0 unspecified atom stereocenters. The van der Waals surface area contributed by atoms with E-state index in [4.69, 9.17) is 5.73 Å². The Morgan fingerprint density at radius 1 is 0.929 bits per heavy atom. The highest BCUT2D eigenvalue weighted by Gasteiger charge is 2.11. The Morgan fingerprint density at radius 2 is 1.64 bits per heavy atom. The number of carbonyl (C=O) groups excluding carboxylic acids is 2. The second-order valence-corrected chi connectivity index (χ2v) is 7.34. The van der Waals surface area contributed by atoms with E-state index in [9.17, 15) is 9.59 Å². The van der Waals surface area contributed by atoms with Crippen LogP contribution in [-0.4, -0.2) is 16.8 Å². The monoisotopic (exact) mass is 387 g/mol. The number of aromatic nitrogens is 1. The molecule has 4 aromatic rings. The summed E-state index contributed by atoms with van der Waals surface area (Å²) in [6, 6.07) is 22.3. The van der Waals surface area contributed by atoms with Gasteiger partial charge in [-0.3, -0.25) is 9.59 Å². The largest absolute Gasteiger partial charge is 0.366 e. The molecule has 3 aromatic carbocycles. The molecule has 3 N–H and O–H groups in total. The molecule has 0 fully saturated rings. The van der Waals surface area contributed by atoms with Gasteiger partial charge in [0.25, 0.3) is 5.91 Å². The van der Waals surface area contributed by atoms with Gasteiger partial charge in [0, 0.05) is 23.2 Å². The minimum absolute atomic E-state index is 0.119. The Morgan fingerprint density at radius 3 is 2.36 bits per heavy atom. The molecular formula is C22H17N3O2S. The summed E-state index contributed by atoms with van der Waals surface area (Å²) in [6.07, 6.45) is 0. The maximum absolute atomic E-state index is 12.5. The second kappa shape index (κ2) is 7.62. The lowest BCUT2D eigenvalue weighted by Crippen LogP contribution is -2.22. The molecular weight excluding hydrogens is 370 g/mol. The van der Waals surface area contributed by atoms with Gasteiger partial charge in [0.2, 0.25) is 5.91 Å². The predicted molar refractivity (Wildman–Crippen MR) is 111 cm³/mol. The van der Waals surface area contributed by atoms with Gasteiger partial charge in [0.05, 0.1) is 10.2 Å². The second-order valence-electron chi connectivity index (χ2n) is 6.31. The number of nitrogens with two attached hydrogens (primary N) is 1. The van der Waals surface area contributed by atoms with E-state index in [-0.39, 0.29) is 5.91 Å². The third-order valence-corrected chi connectivity index (χ3v) is 5.43. The summed E-state index contributed by atoms with van der Waals surface area (Å²) in [7, 11) is 0. The molecule has 0 saturated carbocycles. The van der Waals surface area contributed by atoms with E-state index in [2.05, 4.69) is 10.3 Å². The molecule has 0 saturated heterocycles. The van der Waals surface area contributed by atoms with Crippen molar-refractivity contribution >= 4 is 33.4 Å². The highest BCUT2D eigenvalue weighted by atomic mass is 32.1. The Bertz CT molecular complexity index is 1150. The standard InChI is InChI=1S/C22H17N3O2S/c23-20(26)15-6-8-16(9-7-15)22-25-18-11-10-17(12-19(18)28-22)21(27)24-13-14-4-2-1-3-5-14/h1-12H,13H2,(H2,23,26)(H,24,27).